The van der Waals surface area contributed by atoms with Crippen molar-refractivity contribution in [3.05, 3.63) is 35.3 Å². The van der Waals surface area contributed by atoms with Crippen molar-refractivity contribution in [2.24, 2.45) is 0 Å². The first-order valence-electron chi connectivity index (χ1n) is 4.11. The van der Waals surface area contributed by atoms with E-state index in [-0.39, 0.29) is 5.91 Å². The Balaban J connectivity index is 2.08. The number of aromatic nitrogens is 1. The summed E-state index contributed by atoms with van der Waals surface area (Å²) < 4.78 is 0. The predicted molar refractivity (Wildman–Crippen MR) is 54.0 cm³/mol. The van der Waals surface area contributed by atoms with Gasteiger partial charge in [0.05, 0.1) is 18.4 Å². The highest BCUT2D eigenvalue weighted by Crippen LogP contribution is 2.12. The van der Waals surface area contributed by atoms with Gasteiger partial charge in [0.15, 0.2) is 0 Å². The van der Waals surface area contributed by atoms with Gasteiger partial charge in [-0.1, -0.05) is 11.6 Å². The SMILES string of the molecule is O=C1C=C(Nc2ccc(Cl)nc2)CN1. The predicted octanol–water partition coefficient (Wildman–Crippen LogP) is 1.16. The molecule has 72 valence electrons. The van der Waals surface area contributed by atoms with Gasteiger partial charge >= 0.3 is 0 Å². The second-order valence-electron chi connectivity index (χ2n) is 2.88. The molecule has 0 saturated carbocycles. The maximum Gasteiger partial charge on any atom is 0.246 e. The average Bonchev–Trinajstić information content (AvgIpc) is 2.56. The molecule has 2 rings (SSSR count). The highest BCUT2D eigenvalue weighted by Gasteiger charge is 2.09. The molecule has 0 bridgehead atoms. The van der Waals surface area contributed by atoms with E-state index in [4.69, 9.17) is 11.6 Å². The maximum absolute atomic E-state index is 10.8. The van der Waals surface area contributed by atoms with Crippen LogP contribution in [0.25, 0.3) is 0 Å². The van der Waals surface area contributed by atoms with E-state index >= 15 is 0 Å². The van der Waals surface area contributed by atoms with E-state index in [1.807, 2.05) is 0 Å². The minimum absolute atomic E-state index is 0.0746. The molecule has 1 amide bonds. The Kier molecular flexibility index (Phi) is 2.37. The van der Waals surface area contributed by atoms with Crippen LogP contribution in [0.5, 0.6) is 0 Å². The number of amides is 1. The molecule has 0 unspecified atom stereocenters. The van der Waals surface area contributed by atoms with Crippen LogP contribution < -0.4 is 10.6 Å². The molecule has 2 heterocycles. The fourth-order valence-corrected chi connectivity index (χ4v) is 1.27. The number of nitrogens with zero attached hydrogens (tertiary/aromatic N) is 1. The number of pyridine rings is 1. The molecule has 0 fully saturated rings. The average molecular weight is 210 g/mol. The summed E-state index contributed by atoms with van der Waals surface area (Å²) in [5, 5.41) is 6.17. The Hall–Kier alpha value is -1.55. The fourth-order valence-electron chi connectivity index (χ4n) is 1.16. The third kappa shape index (κ3) is 2.03. The van der Waals surface area contributed by atoms with Gasteiger partial charge in [-0.15, -0.1) is 0 Å². The summed E-state index contributed by atoms with van der Waals surface area (Å²) in [6.45, 7) is 0.529. The Labute approximate surface area is 86.0 Å². The number of rotatable bonds is 2. The number of anilines is 1. The lowest BCUT2D eigenvalue weighted by atomic mass is 10.4. The van der Waals surface area contributed by atoms with Crippen LogP contribution in [-0.4, -0.2) is 17.4 Å². The summed E-state index contributed by atoms with van der Waals surface area (Å²) in [5.41, 5.74) is 1.65. The second kappa shape index (κ2) is 3.67. The van der Waals surface area contributed by atoms with Crippen molar-refractivity contribution in [1.82, 2.24) is 10.3 Å². The minimum Gasteiger partial charge on any atom is -0.356 e. The van der Waals surface area contributed by atoms with Crippen LogP contribution in [0, 0.1) is 0 Å². The molecule has 14 heavy (non-hydrogen) atoms. The lowest BCUT2D eigenvalue weighted by Crippen LogP contribution is -2.16. The maximum atomic E-state index is 10.8. The molecule has 4 nitrogen and oxygen atoms in total. The normalized spacial score (nSPS) is 14.9. The fraction of sp³-hybridized carbons (Fsp3) is 0.111. The van der Waals surface area contributed by atoms with Gasteiger partial charge in [-0.2, -0.15) is 0 Å². The molecule has 1 aromatic rings. The zero-order valence-electron chi connectivity index (χ0n) is 7.25. The summed E-state index contributed by atoms with van der Waals surface area (Å²) in [4.78, 5) is 14.7. The molecule has 5 heteroatoms. The molecule has 1 aliphatic rings. The van der Waals surface area contributed by atoms with E-state index in [1.54, 1.807) is 18.3 Å². The quantitative estimate of drug-likeness (QED) is 0.719. The highest BCUT2D eigenvalue weighted by molar-refractivity contribution is 6.29. The molecule has 0 aliphatic carbocycles. The number of nitrogens with one attached hydrogen (secondary N) is 2. The number of carbonyl (C=O) groups excluding carboxylic acids is 1. The molecule has 0 spiro atoms. The van der Waals surface area contributed by atoms with E-state index in [1.165, 1.54) is 6.08 Å². The van der Waals surface area contributed by atoms with Crippen LogP contribution in [0.4, 0.5) is 5.69 Å². The third-order valence-corrected chi connectivity index (χ3v) is 2.01. The lowest BCUT2D eigenvalue weighted by Gasteiger charge is -2.04. The molecule has 0 saturated heterocycles. The second-order valence-corrected chi connectivity index (χ2v) is 3.27. The van der Waals surface area contributed by atoms with Gasteiger partial charge in [0, 0.05) is 11.8 Å². The van der Waals surface area contributed by atoms with Gasteiger partial charge < -0.3 is 10.6 Å². The lowest BCUT2D eigenvalue weighted by molar-refractivity contribution is -0.115. The summed E-state index contributed by atoms with van der Waals surface area (Å²) in [6.07, 6.45) is 3.14. The Morgan fingerprint density at radius 2 is 2.36 bits per heavy atom. The zero-order valence-corrected chi connectivity index (χ0v) is 8.01. The molecule has 1 aliphatic heterocycles. The van der Waals surface area contributed by atoms with Gasteiger partial charge in [-0.05, 0) is 12.1 Å². The Morgan fingerprint density at radius 1 is 1.50 bits per heavy atom. The molecule has 0 aromatic carbocycles. The monoisotopic (exact) mass is 209 g/mol. The van der Waals surface area contributed by atoms with Crippen molar-refractivity contribution >= 4 is 23.2 Å². The number of hydrogen-bond donors (Lipinski definition) is 2. The first-order chi connectivity index (χ1) is 6.74. The number of halogens is 1. The van der Waals surface area contributed by atoms with E-state index in [9.17, 15) is 4.79 Å². The van der Waals surface area contributed by atoms with Gasteiger partial charge in [-0.25, -0.2) is 4.98 Å². The number of carbonyl (C=O) groups is 1. The summed E-state index contributed by atoms with van der Waals surface area (Å²) >= 11 is 5.63. The first-order valence-corrected chi connectivity index (χ1v) is 4.49. The molecular weight excluding hydrogens is 202 g/mol. The minimum atomic E-state index is -0.0746. The van der Waals surface area contributed by atoms with Crippen molar-refractivity contribution in [3.8, 4) is 0 Å². The third-order valence-electron chi connectivity index (χ3n) is 1.79. The van der Waals surface area contributed by atoms with E-state index in [0.29, 0.717) is 11.7 Å². The van der Waals surface area contributed by atoms with Crippen molar-refractivity contribution in [2.75, 3.05) is 11.9 Å². The standard InChI is InChI=1S/C9H8ClN3O/c10-8-2-1-6(4-11-8)13-7-3-9(14)12-5-7/h1-4,13H,5H2,(H,12,14). The van der Waals surface area contributed by atoms with E-state index in [2.05, 4.69) is 15.6 Å². The first kappa shape index (κ1) is 9.02. The van der Waals surface area contributed by atoms with Gasteiger partial charge in [0.1, 0.15) is 5.15 Å². The van der Waals surface area contributed by atoms with Gasteiger partial charge in [-0.3, -0.25) is 4.79 Å². The molecule has 2 N–H and O–H groups in total. The summed E-state index contributed by atoms with van der Waals surface area (Å²) in [6, 6.07) is 3.49. The molecule has 0 atom stereocenters. The van der Waals surface area contributed by atoms with Crippen LogP contribution in [0.1, 0.15) is 0 Å². The van der Waals surface area contributed by atoms with Gasteiger partial charge in [0.25, 0.3) is 0 Å². The topological polar surface area (TPSA) is 54.0 Å². The Morgan fingerprint density at radius 3 is 2.93 bits per heavy atom. The molecular formula is C9H8ClN3O. The van der Waals surface area contributed by atoms with Crippen LogP contribution in [0.2, 0.25) is 5.15 Å². The van der Waals surface area contributed by atoms with Crippen molar-refractivity contribution in [2.45, 2.75) is 0 Å². The number of hydrogen-bond acceptors (Lipinski definition) is 3. The van der Waals surface area contributed by atoms with Crippen LogP contribution in [-0.2, 0) is 4.79 Å². The zero-order chi connectivity index (χ0) is 9.97. The van der Waals surface area contributed by atoms with E-state index in [0.717, 1.165) is 11.4 Å². The van der Waals surface area contributed by atoms with Crippen molar-refractivity contribution < 1.29 is 4.79 Å². The molecule has 1 aromatic heterocycles. The highest BCUT2D eigenvalue weighted by atomic mass is 35.5. The summed E-state index contributed by atoms with van der Waals surface area (Å²) in [5.74, 6) is -0.0746. The van der Waals surface area contributed by atoms with Crippen molar-refractivity contribution in [1.29, 1.82) is 0 Å². The smallest absolute Gasteiger partial charge is 0.246 e. The van der Waals surface area contributed by atoms with Crippen LogP contribution in [0.15, 0.2) is 30.1 Å². The largest absolute Gasteiger partial charge is 0.356 e. The van der Waals surface area contributed by atoms with Crippen LogP contribution in [0.3, 0.4) is 0 Å². The molecule has 0 radical (unpaired) electrons. The summed E-state index contributed by atoms with van der Waals surface area (Å²) in [7, 11) is 0. The van der Waals surface area contributed by atoms with Crippen molar-refractivity contribution in [3.63, 3.8) is 0 Å². The Bertz CT molecular complexity index is 386. The van der Waals surface area contributed by atoms with Crippen LogP contribution >= 0.6 is 11.6 Å². The van der Waals surface area contributed by atoms with E-state index < -0.39 is 0 Å². The van der Waals surface area contributed by atoms with Gasteiger partial charge in [0.2, 0.25) is 5.91 Å².